The Morgan fingerprint density at radius 1 is 1.04 bits per heavy atom. The fraction of sp³-hybridized carbons (Fsp3) is 0. The zero-order valence-corrected chi connectivity index (χ0v) is 14.3. The molecule has 0 unspecified atom stereocenters. The highest BCUT2D eigenvalue weighted by atomic mass is 35.5. The molecular formula is C16H10Cl3N3O2. The van der Waals surface area contributed by atoms with Crippen LogP contribution in [0.2, 0.25) is 15.1 Å². The maximum absolute atomic E-state index is 12.5. The average Bonchev–Trinajstić information content (AvgIpc) is 2.88. The Balaban J connectivity index is 1.96. The number of anilines is 1. The molecule has 2 aromatic carbocycles. The van der Waals surface area contributed by atoms with Crippen LogP contribution >= 0.6 is 34.8 Å². The topological polar surface area (TPSA) is 66.9 Å². The number of hydrogen-bond donors (Lipinski definition) is 2. The molecule has 1 heterocycles. The van der Waals surface area contributed by atoms with Crippen molar-refractivity contribution < 1.29 is 4.79 Å². The number of aromatic nitrogens is 2. The van der Waals surface area contributed by atoms with Crippen LogP contribution in [0.3, 0.4) is 0 Å². The third-order valence-electron chi connectivity index (χ3n) is 3.26. The van der Waals surface area contributed by atoms with Crippen molar-refractivity contribution >= 4 is 46.4 Å². The van der Waals surface area contributed by atoms with Crippen LogP contribution in [0.5, 0.6) is 0 Å². The lowest BCUT2D eigenvalue weighted by Crippen LogP contribution is -2.21. The highest BCUT2D eigenvalue weighted by Gasteiger charge is 2.16. The summed E-state index contributed by atoms with van der Waals surface area (Å²) in [5, 5.41) is 6.04. The molecule has 8 heteroatoms. The zero-order valence-electron chi connectivity index (χ0n) is 12.0. The molecule has 3 aromatic rings. The standard InChI is InChI=1S/C16H10Cl3N3O2/c17-10-6-11(18)14(12(19)7-10)22-16(24)13(8-20-22)21-15(23)9-4-2-1-3-5-9/h1-8,20H,(H,21,23). The molecule has 0 fully saturated rings. The van der Waals surface area contributed by atoms with Crippen molar-refractivity contribution in [2.24, 2.45) is 0 Å². The molecule has 2 N–H and O–H groups in total. The Labute approximate surface area is 151 Å². The van der Waals surface area contributed by atoms with E-state index in [0.29, 0.717) is 10.6 Å². The maximum atomic E-state index is 12.5. The van der Waals surface area contributed by atoms with Gasteiger partial charge in [0.2, 0.25) is 0 Å². The molecule has 24 heavy (non-hydrogen) atoms. The smallest absolute Gasteiger partial charge is 0.295 e. The molecule has 0 radical (unpaired) electrons. The van der Waals surface area contributed by atoms with Crippen molar-refractivity contribution in [1.29, 1.82) is 0 Å². The number of H-pyrrole nitrogens is 1. The van der Waals surface area contributed by atoms with Crippen LogP contribution in [0.25, 0.3) is 5.69 Å². The van der Waals surface area contributed by atoms with Crippen LogP contribution in [0.15, 0.2) is 53.5 Å². The molecule has 1 amide bonds. The number of amides is 1. The number of nitrogens with one attached hydrogen (secondary N) is 2. The van der Waals surface area contributed by atoms with Gasteiger partial charge in [0.25, 0.3) is 11.5 Å². The molecule has 3 rings (SSSR count). The van der Waals surface area contributed by atoms with Gasteiger partial charge in [0.15, 0.2) is 0 Å². The molecule has 0 spiro atoms. The summed E-state index contributed by atoms with van der Waals surface area (Å²) in [6.45, 7) is 0. The molecule has 0 bridgehead atoms. The van der Waals surface area contributed by atoms with Gasteiger partial charge in [-0.3, -0.25) is 14.7 Å². The number of halogens is 3. The van der Waals surface area contributed by atoms with E-state index in [1.807, 2.05) is 0 Å². The fourth-order valence-electron chi connectivity index (χ4n) is 2.16. The number of aromatic amines is 1. The first kappa shape index (κ1) is 16.6. The SMILES string of the molecule is O=C(Nc1c[nH]n(-c2c(Cl)cc(Cl)cc2Cl)c1=O)c1ccccc1. The van der Waals surface area contributed by atoms with Gasteiger partial charge < -0.3 is 5.32 Å². The van der Waals surface area contributed by atoms with Crippen molar-refractivity contribution in [3.05, 3.63) is 79.6 Å². The minimum atomic E-state index is -0.495. The van der Waals surface area contributed by atoms with Crippen molar-refractivity contribution in [2.75, 3.05) is 5.32 Å². The van der Waals surface area contributed by atoms with Crippen molar-refractivity contribution in [3.63, 3.8) is 0 Å². The minimum absolute atomic E-state index is 0.0749. The highest BCUT2D eigenvalue weighted by Crippen LogP contribution is 2.31. The number of benzene rings is 2. The molecule has 0 aliphatic rings. The summed E-state index contributed by atoms with van der Waals surface area (Å²) in [6, 6.07) is 11.5. The maximum Gasteiger partial charge on any atom is 0.295 e. The Morgan fingerprint density at radius 2 is 1.67 bits per heavy atom. The predicted molar refractivity (Wildman–Crippen MR) is 95.8 cm³/mol. The van der Waals surface area contributed by atoms with Gasteiger partial charge in [0.1, 0.15) is 11.4 Å². The lowest BCUT2D eigenvalue weighted by atomic mass is 10.2. The first-order chi connectivity index (χ1) is 11.5. The third kappa shape index (κ3) is 3.19. The Kier molecular flexibility index (Phi) is 4.66. The van der Waals surface area contributed by atoms with Crippen molar-refractivity contribution in [3.8, 4) is 5.69 Å². The van der Waals surface area contributed by atoms with Gasteiger partial charge in [0.05, 0.1) is 10.0 Å². The zero-order chi connectivity index (χ0) is 17.3. The van der Waals surface area contributed by atoms with E-state index in [2.05, 4.69) is 10.4 Å². The molecule has 0 aliphatic heterocycles. The van der Waals surface area contributed by atoms with Gasteiger partial charge in [0, 0.05) is 16.8 Å². The summed E-state index contributed by atoms with van der Waals surface area (Å²) in [5.41, 5.74) is 0.275. The fourth-order valence-corrected chi connectivity index (χ4v) is 3.14. The summed E-state index contributed by atoms with van der Waals surface area (Å²) in [5.74, 6) is -0.396. The first-order valence-electron chi connectivity index (χ1n) is 6.79. The second kappa shape index (κ2) is 6.73. The van der Waals surface area contributed by atoms with Crippen LogP contribution in [0.1, 0.15) is 10.4 Å². The van der Waals surface area contributed by atoms with Gasteiger partial charge in [-0.2, -0.15) is 0 Å². The average molecular weight is 383 g/mol. The van der Waals surface area contributed by atoms with Crippen LogP contribution in [-0.4, -0.2) is 15.7 Å². The first-order valence-corrected chi connectivity index (χ1v) is 7.92. The quantitative estimate of drug-likeness (QED) is 0.706. The summed E-state index contributed by atoms with van der Waals surface area (Å²) in [7, 11) is 0. The molecule has 5 nitrogen and oxygen atoms in total. The molecule has 0 saturated heterocycles. The number of carbonyl (C=O) groups excluding carboxylic acids is 1. The van der Waals surface area contributed by atoms with Crippen LogP contribution < -0.4 is 10.9 Å². The van der Waals surface area contributed by atoms with E-state index in [-0.39, 0.29) is 21.4 Å². The molecule has 0 aliphatic carbocycles. The van der Waals surface area contributed by atoms with Crippen LogP contribution in [-0.2, 0) is 0 Å². The van der Waals surface area contributed by atoms with Crippen molar-refractivity contribution in [1.82, 2.24) is 9.78 Å². The van der Waals surface area contributed by atoms with Gasteiger partial charge in [-0.25, -0.2) is 4.68 Å². The molecule has 1 aromatic heterocycles. The lowest BCUT2D eigenvalue weighted by molar-refractivity contribution is 0.102. The van der Waals surface area contributed by atoms with E-state index >= 15 is 0 Å². The summed E-state index contributed by atoms with van der Waals surface area (Å²) >= 11 is 18.1. The van der Waals surface area contributed by atoms with Crippen LogP contribution in [0.4, 0.5) is 5.69 Å². The summed E-state index contributed by atoms with van der Waals surface area (Å²) in [4.78, 5) is 24.6. The van der Waals surface area contributed by atoms with Gasteiger partial charge in [-0.15, -0.1) is 0 Å². The Morgan fingerprint density at radius 3 is 2.29 bits per heavy atom. The molecule has 122 valence electrons. The number of rotatable bonds is 3. The largest absolute Gasteiger partial charge is 0.316 e. The van der Waals surface area contributed by atoms with E-state index in [4.69, 9.17) is 34.8 Å². The van der Waals surface area contributed by atoms with E-state index < -0.39 is 11.5 Å². The van der Waals surface area contributed by atoms with Crippen molar-refractivity contribution in [2.45, 2.75) is 0 Å². The Bertz CT molecular complexity index is 941. The third-order valence-corrected chi connectivity index (χ3v) is 4.06. The van der Waals surface area contributed by atoms with E-state index in [1.165, 1.54) is 18.3 Å². The molecule has 0 saturated carbocycles. The normalized spacial score (nSPS) is 10.6. The van der Waals surface area contributed by atoms with Crippen LogP contribution in [0, 0.1) is 0 Å². The van der Waals surface area contributed by atoms with Gasteiger partial charge in [-0.05, 0) is 24.3 Å². The summed E-state index contributed by atoms with van der Waals surface area (Å²) < 4.78 is 1.14. The number of nitrogens with zero attached hydrogens (tertiary/aromatic N) is 1. The second-order valence-corrected chi connectivity index (χ2v) is 6.12. The molecular weight excluding hydrogens is 373 g/mol. The molecule has 0 atom stereocenters. The number of hydrogen-bond acceptors (Lipinski definition) is 2. The predicted octanol–water partition coefficient (Wildman–Crippen LogP) is 4.38. The minimum Gasteiger partial charge on any atom is -0.316 e. The second-order valence-electron chi connectivity index (χ2n) is 4.87. The van der Waals surface area contributed by atoms with E-state index in [9.17, 15) is 9.59 Å². The van der Waals surface area contributed by atoms with E-state index in [0.717, 1.165) is 4.68 Å². The monoisotopic (exact) mass is 381 g/mol. The van der Waals surface area contributed by atoms with E-state index in [1.54, 1.807) is 30.3 Å². The Hall–Kier alpha value is -2.21. The van der Waals surface area contributed by atoms with Gasteiger partial charge >= 0.3 is 0 Å². The summed E-state index contributed by atoms with van der Waals surface area (Å²) in [6.07, 6.45) is 1.37. The lowest BCUT2D eigenvalue weighted by Gasteiger charge is -2.07. The number of carbonyl (C=O) groups is 1. The van der Waals surface area contributed by atoms with Gasteiger partial charge in [-0.1, -0.05) is 53.0 Å². The highest BCUT2D eigenvalue weighted by molar-refractivity contribution is 6.40.